The number of nitrogens with zero attached hydrogens (tertiary/aromatic N) is 3. The lowest BCUT2D eigenvalue weighted by atomic mass is 10.4. The zero-order valence-corrected chi connectivity index (χ0v) is 7.81. The number of anilines is 1. The normalized spacial score (nSPS) is 15.3. The molecule has 0 aromatic carbocycles. The number of pyridine rings is 1. The maximum Gasteiger partial charge on any atom is 0.240 e. The quantitative estimate of drug-likeness (QED) is 0.525. The molecule has 0 saturated carbocycles. The molecular weight excluding hydrogens is 178 g/mol. The number of hydrogen-bond donors (Lipinski definition) is 0. The predicted octanol–water partition coefficient (Wildman–Crippen LogP) is 1.65. The summed E-state index contributed by atoms with van der Waals surface area (Å²) in [5, 5.41) is 0. The molecule has 1 aromatic heterocycles. The van der Waals surface area contributed by atoms with Gasteiger partial charge in [-0.25, -0.2) is 9.78 Å². The maximum absolute atomic E-state index is 10.1. The molecular formula is C10H11N3O. The highest BCUT2D eigenvalue weighted by Crippen LogP contribution is 2.21. The van der Waals surface area contributed by atoms with Crippen molar-refractivity contribution in [2.45, 2.75) is 12.8 Å². The van der Waals surface area contributed by atoms with Gasteiger partial charge in [0.2, 0.25) is 6.08 Å². The van der Waals surface area contributed by atoms with E-state index in [0.717, 1.165) is 18.9 Å². The van der Waals surface area contributed by atoms with Gasteiger partial charge in [-0.15, -0.1) is 0 Å². The van der Waals surface area contributed by atoms with Crippen LogP contribution < -0.4 is 4.90 Å². The molecule has 0 radical (unpaired) electrons. The first-order chi connectivity index (χ1) is 6.90. The van der Waals surface area contributed by atoms with Crippen LogP contribution in [-0.4, -0.2) is 24.2 Å². The highest BCUT2D eigenvalue weighted by atomic mass is 16.1. The molecule has 0 amide bonds. The van der Waals surface area contributed by atoms with E-state index in [1.165, 1.54) is 18.9 Å². The standard InChI is InChI=1S/C10H11N3O/c14-8-12-9-3-4-11-10(7-9)13-5-1-2-6-13/h3-4,7H,1-2,5-6H2. The third-order valence-electron chi connectivity index (χ3n) is 2.33. The second-order valence-electron chi connectivity index (χ2n) is 3.27. The van der Waals surface area contributed by atoms with Gasteiger partial charge in [0.15, 0.2) is 0 Å². The molecule has 0 unspecified atom stereocenters. The van der Waals surface area contributed by atoms with E-state index < -0.39 is 0 Å². The third-order valence-corrected chi connectivity index (χ3v) is 2.33. The van der Waals surface area contributed by atoms with Crippen molar-refractivity contribution < 1.29 is 4.79 Å². The third kappa shape index (κ3) is 1.80. The SMILES string of the molecule is O=C=Nc1ccnc(N2CCCC2)c1. The second-order valence-corrected chi connectivity index (χ2v) is 3.27. The Bertz CT molecular complexity index is 365. The zero-order valence-electron chi connectivity index (χ0n) is 7.81. The van der Waals surface area contributed by atoms with Crippen molar-refractivity contribution in [3.63, 3.8) is 0 Å². The lowest BCUT2D eigenvalue weighted by molar-refractivity contribution is 0.565. The Labute approximate surface area is 82.3 Å². The summed E-state index contributed by atoms with van der Waals surface area (Å²) in [6.07, 6.45) is 5.62. The number of rotatable bonds is 2. The van der Waals surface area contributed by atoms with Gasteiger partial charge in [-0.1, -0.05) is 0 Å². The Balaban J connectivity index is 2.24. The monoisotopic (exact) mass is 189 g/mol. The topological polar surface area (TPSA) is 45.6 Å². The summed E-state index contributed by atoms with van der Waals surface area (Å²) in [6, 6.07) is 3.51. The van der Waals surface area contributed by atoms with Crippen LogP contribution >= 0.6 is 0 Å². The Morgan fingerprint density at radius 1 is 1.43 bits per heavy atom. The van der Waals surface area contributed by atoms with Crippen LogP contribution in [0.15, 0.2) is 23.3 Å². The van der Waals surface area contributed by atoms with Gasteiger partial charge in [0, 0.05) is 25.4 Å². The Kier molecular flexibility index (Phi) is 2.56. The molecule has 4 nitrogen and oxygen atoms in total. The number of aliphatic imine (C=N–C) groups is 1. The minimum absolute atomic E-state index is 0.622. The van der Waals surface area contributed by atoms with E-state index >= 15 is 0 Å². The van der Waals surface area contributed by atoms with Crippen molar-refractivity contribution >= 4 is 17.6 Å². The minimum atomic E-state index is 0.622. The van der Waals surface area contributed by atoms with Gasteiger partial charge in [-0.05, 0) is 18.9 Å². The van der Waals surface area contributed by atoms with E-state index in [1.54, 1.807) is 12.3 Å². The fraction of sp³-hybridized carbons (Fsp3) is 0.400. The molecule has 0 spiro atoms. The van der Waals surface area contributed by atoms with Gasteiger partial charge in [0.25, 0.3) is 0 Å². The van der Waals surface area contributed by atoms with Gasteiger partial charge in [0.1, 0.15) is 5.82 Å². The zero-order chi connectivity index (χ0) is 9.80. The van der Waals surface area contributed by atoms with E-state index in [2.05, 4.69) is 14.9 Å². The first-order valence-corrected chi connectivity index (χ1v) is 4.69. The average Bonchev–Trinajstić information content (AvgIpc) is 2.71. The highest BCUT2D eigenvalue weighted by molar-refractivity contribution is 5.54. The summed E-state index contributed by atoms with van der Waals surface area (Å²) >= 11 is 0. The molecule has 2 rings (SSSR count). The van der Waals surface area contributed by atoms with Crippen LogP contribution in [-0.2, 0) is 4.79 Å². The van der Waals surface area contributed by atoms with Crippen molar-refractivity contribution in [3.8, 4) is 0 Å². The summed E-state index contributed by atoms with van der Waals surface area (Å²) in [4.78, 5) is 20.1. The first kappa shape index (κ1) is 8.91. The number of aromatic nitrogens is 1. The predicted molar refractivity (Wildman–Crippen MR) is 53.5 cm³/mol. The highest BCUT2D eigenvalue weighted by Gasteiger charge is 2.13. The lowest BCUT2D eigenvalue weighted by Gasteiger charge is -2.15. The van der Waals surface area contributed by atoms with Crippen LogP contribution in [0.2, 0.25) is 0 Å². The largest absolute Gasteiger partial charge is 0.357 e. The minimum Gasteiger partial charge on any atom is -0.357 e. The van der Waals surface area contributed by atoms with E-state index in [-0.39, 0.29) is 0 Å². The van der Waals surface area contributed by atoms with Gasteiger partial charge >= 0.3 is 0 Å². The van der Waals surface area contributed by atoms with Crippen LogP contribution in [0.3, 0.4) is 0 Å². The average molecular weight is 189 g/mol. The van der Waals surface area contributed by atoms with Crippen LogP contribution in [0.25, 0.3) is 0 Å². The summed E-state index contributed by atoms with van der Waals surface area (Å²) < 4.78 is 0. The van der Waals surface area contributed by atoms with Crippen LogP contribution in [0, 0.1) is 0 Å². The van der Waals surface area contributed by atoms with Gasteiger partial charge in [-0.3, -0.25) is 0 Å². The molecule has 1 aliphatic rings. The van der Waals surface area contributed by atoms with Crippen molar-refractivity contribution in [2.24, 2.45) is 4.99 Å². The van der Waals surface area contributed by atoms with Crippen molar-refractivity contribution in [2.75, 3.05) is 18.0 Å². The van der Waals surface area contributed by atoms with E-state index in [4.69, 9.17) is 0 Å². The van der Waals surface area contributed by atoms with Crippen molar-refractivity contribution in [1.29, 1.82) is 0 Å². The van der Waals surface area contributed by atoms with Crippen LogP contribution in [0.4, 0.5) is 11.5 Å². The number of carbonyl (C=O) groups excluding carboxylic acids is 1. The van der Waals surface area contributed by atoms with E-state index in [0.29, 0.717) is 5.69 Å². The molecule has 0 N–H and O–H groups in total. The van der Waals surface area contributed by atoms with E-state index in [1.807, 2.05) is 6.07 Å². The van der Waals surface area contributed by atoms with Gasteiger partial charge in [-0.2, -0.15) is 4.99 Å². The van der Waals surface area contributed by atoms with Crippen molar-refractivity contribution in [1.82, 2.24) is 4.98 Å². The Hall–Kier alpha value is -1.67. The molecule has 0 aliphatic carbocycles. The first-order valence-electron chi connectivity index (χ1n) is 4.69. The number of isocyanates is 1. The van der Waals surface area contributed by atoms with E-state index in [9.17, 15) is 4.79 Å². The van der Waals surface area contributed by atoms with Crippen molar-refractivity contribution in [3.05, 3.63) is 18.3 Å². The molecule has 1 aromatic rings. The van der Waals surface area contributed by atoms with Gasteiger partial charge < -0.3 is 4.90 Å². The molecule has 2 heterocycles. The Morgan fingerprint density at radius 3 is 2.93 bits per heavy atom. The maximum atomic E-state index is 10.1. The molecule has 14 heavy (non-hydrogen) atoms. The number of hydrogen-bond acceptors (Lipinski definition) is 4. The lowest BCUT2D eigenvalue weighted by Crippen LogP contribution is -2.18. The molecule has 0 atom stereocenters. The van der Waals surface area contributed by atoms with Crippen LogP contribution in [0.1, 0.15) is 12.8 Å². The summed E-state index contributed by atoms with van der Waals surface area (Å²) in [5.41, 5.74) is 0.622. The molecule has 0 bridgehead atoms. The smallest absolute Gasteiger partial charge is 0.240 e. The molecule has 4 heteroatoms. The van der Waals surface area contributed by atoms with Crippen LogP contribution in [0.5, 0.6) is 0 Å². The van der Waals surface area contributed by atoms with Gasteiger partial charge in [0.05, 0.1) is 5.69 Å². The Morgan fingerprint density at radius 2 is 2.21 bits per heavy atom. The molecule has 1 fully saturated rings. The summed E-state index contributed by atoms with van der Waals surface area (Å²) in [5.74, 6) is 0.902. The fourth-order valence-electron chi connectivity index (χ4n) is 1.65. The molecule has 72 valence electrons. The second kappa shape index (κ2) is 4.03. The summed E-state index contributed by atoms with van der Waals surface area (Å²) in [7, 11) is 0. The fourth-order valence-corrected chi connectivity index (χ4v) is 1.65. The molecule has 1 saturated heterocycles. The molecule has 1 aliphatic heterocycles. The summed E-state index contributed by atoms with van der Waals surface area (Å²) in [6.45, 7) is 2.09.